The molecule has 0 bridgehead atoms. The van der Waals surface area contributed by atoms with Crippen molar-refractivity contribution in [1.29, 1.82) is 0 Å². The Kier molecular flexibility index (Phi) is 8.16. The number of pyridine rings is 2. The van der Waals surface area contributed by atoms with Crippen molar-refractivity contribution in [3.05, 3.63) is 77.0 Å². The number of alkyl halides is 1. The summed E-state index contributed by atoms with van der Waals surface area (Å²) >= 11 is 0. The van der Waals surface area contributed by atoms with E-state index in [2.05, 4.69) is 14.9 Å². The van der Waals surface area contributed by atoms with Crippen molar-refractivity contribution in [1.82, 2.24) is 14.9 Å². The lowest BCUT2D eigenvalue weighted by molar-refractivity contribution is 0.0784. The summed E-state index contributed by atoms with van der Waals surface area (Å²) in [6.45, 7) is 4.07. The monoisotopic (exact) mass is 543 g/mol. The van der Waals surface area contributed by atoms with Gasteiger partial charge in [-0.25, -0.2) is 22.5 Å². The summed E-state index contributed by atoms with van der Waals surface area (Å²) in [5, 5.41) is 10.2. The van der Waals surface area contributed by atoms with Gasteiger partial charge in [0, 0.05) is 68.5 Å². The highest BCUT2D eigenvalue weighted by atomic mass is 19.1. The minimum Gasteiger partial charge on any atom is -0.391 e. The van der Waals surface area contributed by atoms with E-state index in [9.17, 15) is 13.9 Å². The largest absolute Gasteiger partial charge is 0.391 e. The number of likely N-dealkylation sites (tertiary alicyclic amines) is 1. The molecule has 39 heavy (non-hydrogen) atoms. The lowest BCUT2D eigenvalue weighted by Gasteiger charge is -2.40. The third kappa shape index (κ3) is 6.08. The minimum atomic E-state index is -0.934. The molecule has 0 amide bonds. The Labute approximate surface area is 225 Å². The molecule has 2 aliphatic heterocycles. The zero-order valence-corrected chi connectivity index (χ0v) is 21.8. The van der Waals surface area contributed by atoms with Crippen LogP contribution < -0.4 is 10.6 Å². The van der Waals surface area contributed by atoms with Crippen molar-refractivity contribution in [2.75, 3.05) is 31.1 Å². The first-order valence-corrected chi connectivity index (χ1v) is 13.3. The highest BCUT2D eigenvalue weighted by Crippen LogP contribution is 2.30. The molecule has 4 atom stereocenters. The van der Waals surface area contributed by atoms with Gasteiger partial charge in [-0.15, -0.1) is 0 Å². The number of nitrogens with zero attached hydrogens (tertiary/aromatic N) is 4. The first-order chi connectivity index (χ1) is 18.7. The Hall–Kier alpha value is -3.08. The van der Waals surface area contributed by atoms with Gasteiger partial charge in [-0.05, 0) is 60.7 Å². The number of aliphatic hydroxyl groups excluding tert-OH is 1. The first-order valence-electron chi connectivity index (χ1n) is 13.3. The molecule has 1 aromatic carbocycles. The number of aliphatic hydroxyl groups is 1. The number of halogens is 4. The molecule has 0 unspecified atom stereocenters. The van der Waals surface area contributed by atoms with E-state index >= 15 is 8.78 Å². The van der Waals surface area contributed by atoms with Gasteiger partial charge in [-0.1, -0.05) is 6.92 Å². The number of aryl methyl sites for hydroxylation is 2. The Balaban J connectivity index is 1.34. The molecule has 2 aromatic heterocycles. The fourth-order valence-corrected chi connectivity index (χ4v) is 5.62. The van der Waals surface area contributed by atoms with Crippen LogP contribution in [-0.2, 0) is 19.4 Å². The molecule has 4 heterocycles. The van der Waals surface area contributed by atoms with E-state index in [4.69, 9.17) is 5.73 Å². The van der Waals surface area contributed by atoms with Crippen LogP contribution in [0.2, 0.25) is 0 Å². The Morgan fingerprint density at radius 3 is 2.49 bits per heavy atom. The fraction of sp³-hybridized carbons (Fsp3) is 0.448. The van der Waals surface area contributed by atoms with Crippen molar-refractivity contribution >= 4 is 5.69 Å². The normalized spacial score (nSPS) is 23.9. The molecule has 2 fully saturated rings. The first kappa shape index (κ1) is 27.5. The van der Waals surface area contributed by atoms with Gasteiger partial charge in [0.05, 0.1) is 11.7 Å². The molecule has 3 aromatic rings. The fourth-order valence-electron chi connectivity index (χ4n) is 5.62. The van der Waals surface area contributed by atoms with E-state index in [0.29, 0.717) is 50.2 Å². The van der Waals surface area contributed by atoms with Crippen LogP contribution in [0.3, 0.4) is 0 Å². The summed E-state index contributed by atoms with van der Waals surface area (Å²) in [4.78, 5) is 12.5. The number of aromatic nitrogens is 2. The van der Waals surface area contributed by atoms with E-state index < -0.39 is 35.3 Å². The second kappa shape index (κ2) is 11.6. The van der Waals surface area contributed by atoms with Crippen LogP contribution in [0, 0.1) is 23.4 Å². The number of anilines is 1. The van der Waals surface area contributed by atoms with E-state index in [0.717, 1.165) is 11.3 Å². The average Bonchev–Trinajstić information content (AvgIpc) is 3.31. The lowest BCUT2D eigenvalue weighted by atomic mass is 9.92. The number of benzene rings is 1. The van der Waals surface area contributed by atoms with E-state index in [-0.39, 0.29) is 30.7 Å². The second-order valence-electron chi connectivity index (χ2n) is 10.7. The topological polar surface area (TPSA) is 78.5 Å². The summed E-state index contributed by atoms with van der Waals surface area (Å²) in [5.41, 5.74) is 7.98. The van der Waals surface area contributed by atoms with Crippen molar-refractivity contribution in [2.45, 2.75) is 51.0 Å². The number of nitrogens with two attached hydrogens (primary N) is 1. The molecule has 0 spiro atoms. The second-order valence-corrected chi connectivity index (χ2v) is 10.7. The molecular formula is C29H33F4N5O. The molecule has 0 aliphatic carbocycles. The zero-order valence-electron chi connectivity index (χ0n) is 21.8. The molecule has 5 rings (SSSR count). The van der Waals surface area contributed by atoms with E-state index in [1.807, 2.05) is 13.0 Å². The van der Waals surface area contributed by atoms with Gasteiger partial charge in [0.25, 0.3) is 0 Å². The quantitative estimate of drug-likeness (QED) is 0.438. The summed E-state index contributed by atoms with van der Waals surface area (Å²) < 4.78 is 58.4. The van der Waals surface area contributed by atoms with Crippen molar-refractivity contribution in [3.8, 4) is 11.3 Å². The Bertz CT molecular complexity index is 1290. The van der Waals surface area contributed by atoms with Crippen molar-refractivity contribution in [3.63, 3.8) is 0 Å². The van der Waals surface area contributed by atoms with Crippen LogP contribution in [0.1, 0.15) is 30.2 Å². The molecule has 0 radical (unpaired) electrons. The maximum Gasteiger partial charge on any atom is 0.149 e. The van der Waals surface area contributed by atoms with Gasteiger partial charge in [0.2, 0.25) is 0 Å². The van der Waals surface area contributed by atoms with E-state index in [1.165, 1.54) is 24.3 Å². The van der Waals surface area contributed by atoms with Crippen LogP contribution in [0.25, 0.3) is 11.3 Å². The number of hydrogen-bond acceptors (Lipinski definition) is 6. The third-order valence-electron chi connectivity index (χ3n) is 7.69. The highest BCUT2D eigenvalue weighted by Gasteiger charge is 2.31. The molecule has 3 N–H and O–H groups in total. The number of rotatable bonds is 7. The Morgan fingerprint density at radius 1 is 1.03 bits per heavy atom. The predicted octanol–water partition coefficient (Wildman–Crippen LogP) is 4.03. The molecule has 10 heteroatoms. The van der Waals surface area contributed by atoms with Gasteiger partial charge >= 0.3 is 0 Å². The van der Waals surface area contributed by atoms with Crippen LogP contribution in [0.5, 0.6) is 0 Å². The van der Waals surface area contributed by atoms with Crippen molar-refractivity contribution in [2.24, 2.45) is 11.7 Å². The minimum absolute atomic E-state index is 0.00299. The zero-order chi connectivity index (χ0) is 27.7. The average molecular weight is 544 g/mol. The van der Waals surface area contributed by atoms with Gasteiger partial charge in [0.1, 0.15) is 29.3 Å². The molecular weight excluding hydrogens is 510 g/mol. The molecule has 6 nitrogen and oxygen atoms in total. The van der Waals surface area contributed by atoms with Crippen molar-refractivity contribution < 1.29 is 22.7 Å². The highest BCUT2D eigenvalue weighted by molar-refractivity contribution is 5.62. The smallest absolute Gasteiger partial charge is 0.149 e. The van der Waals surface area contributed by atoms with Gasteiger partial charge in [-0.2, -0.15) is 0 Å². The van der Waals surface area contributed by atoms with Gasteiger partial charge < -0.3 is 15.7 Å². The lowest BCUT2D eigenvalue weighted by Crippen LogP contribution is -2.55. The maximum absolute atomic E-state index is 15.1. The molecule has 208 valence electrons. The van der Waals surface area contributed by atoms with Gasteiger partial charge in [0.15, 0.2) is 0 Å². The molecule has 0 saturated carbocycles. The summed E-state index contributed by atoms with van der Waals surface area (Å²) in [5.74, 6) is -2.63. The summed E-state index contributed by atoms with van der Waals surface area (Å²) in [7, 11) is 0. The maximum atomic E-state index is 15.1. The Morgan fingerprint density at radius 2 is 1.79 bits per heavy atom. The molecule has 2 saturated heterocycles. The van der Waals surface area contributed by atoms with Crippen LogP contribution >= 0.6 is 0 Å². The number of hydrogen-bond donors (Lipinski definition) is 2. The number of piperidine rings is 1. The standard InChI is InChI=1S/C29H33F4N5O/c1-17-13-38(16-25(34)29(17)39)26-6-8-35-12-19(26)2-3-21-4-5-22(31)28(36-21)27-23(32)10-18(11-24(27)33)14-37-9-7-20(30)15-37/h4-6,8,10-12,17,20,25,29,39H,2-3,7,9,13-16,34H2,1H3/t17-,20+,25+,29+/m0/s1. The third-order valence-corrected chi connectivity index (χ3v) is 7.69. The van der Waals surface area contributed by atoms with Crippen LogP contribution in [0.15, 0.2) is 42.7 Å². The van der Waals surface area contributed by atoms with Gasteiger partial charge in [-0.3, -0.25) is 9.88 Å². The summed E-state index contributed by atoms with van der Waals surface area (Å²) in [6.07, 6.45) is 3.26. The van der Waals surface area contributed by atoms with E-state index in [1.54, 1.807) is 17.3 Å². The summed E-state index contributed by atoms with van der Waals surface area (Å²) in [6, 6.07) is 6.55. The molecule has 2 aliphatic rings. The van der Waals surface area contributed by atoms with Crippen LogP contribution in [-0.4, -0.2) is 64.5 Å². The SMILES string of the molecule is C[C@H]1CN(c2ccncc2CCc2ccc(F)c(-c3c(F)cc(CN4CC[C@@H](F)C4)cc3F)n2)C[C@@H](N)[C@@H]1O. The predicted molar refractivity (Wildman–Crippen MR) is 141 cm³/mol. The van der Waals surface area contributed by atoms with Crippen LogP contribution in [0.4, 0.5) is 23.2 Å².